The Bertz CT molecular complexity index is 343. The van der Waals surface area contributed by atoms with Gasteiger partial charge in [-0.25, -0.2) is 9.59 Å². The number of hydrogen-bond acceptors (Lipinski definition) is 5. The molecule has 1 heterocycles. The normalized spacial score (nSPS) is 20.8. The van der Waals surface area contributed by atoms with Gasteiger partial charge in [0.05, 0.1) is 12.7 Å². The van der Waals surface area contributed by atoms with E-state index in [1.54, 1.807) is 11.8 Å². The lowest BCUT2D eigenvalue weighted by Crippen LogP contribution is -2.51. The lowest BCUT2D eigenvalue weighted by molar-refractivity contribution is -0.139. The number of nitrogens with zero attached hydrogens (tertiary/aromatic N) is 1. The Morgan fingerprint density at radius 3 is 2.90 bits per heavy atom. The molecule has 0 bridgehead atoms. The van der Waals surface area contributed by atoms with Crippen LogP contribution in [0.5, 0.6) is 0 Å². The zero-order valence-corrected chi connectivity index (χ0v) is 13.4. The number of aliphatic carboxylic acids is 1. The van der Waals surface area contributed by atoms with Gasteiger partial charge in [-0.2, -0.15) is 11.8 Å². The first-order valence-corrected chi connectivity index (χ1v) is 8.56. The zero-order valence-electron chi connectivity index (χ0n) is 12.6. The second-order valence-corrected chi connectivity index (χ2v) is 5.90. The van der Waals surface area contributed by atoms with E-state index >= 15 is 0 Å². The smallest absolute Gasteiger partial charge is 0.326 e. The van der Waals surface area contributed by atoms with Crippen LogP contribution in [0.1, 0.15) is 13.3 Å². The molecule has 0 aromatic rings. The summed E-state index contributed by atoms with van der Waals surface area (Å²) in [7, 11) is 0. The molecule has 1 unspecified atom stereocenters. The van der Waals surface area contributed by atoms with Gasteiger partial charge in [-0.1, -0.05) is 6.92 Å². The van der Waals surface area contributed by atoms with E-state index in [1.165, 1.54) is 0 Å². The number of carbonyl (C=O) groups excluding carboxylic acids is 1. The second-order valence-electron chi connectivity index (χ2n) is 4.91. The highest BCUT2D eigenvalue weighted by Gasteiger charge is 2.22. The summed E-state index contributed by atoms with van der Waals surface area (Å²) in [4.78, 5) is 25.1. The highest BCUT2D eigenvalue weighted by molar-refractivity contribution is 7.98. The van der Waals surface area contributed by atoms with Crippen LogP contribution in [0, 0.1) is 0 Å². The minimum atomic E-state index is -1.01. The fourth-order valence-corrected chi connectivity index (χ4v) is 2.57. The largest absolute Gasteiger partial charge is 0.480 e. The summed E-state index contributed by atoms with van der Waals surface area (Å²) in [6.45, 7) is 5.79. The predicted molar refractivity (Wildman–Crippen MR) is 82.8 cm³/mol. The van der Waals surface area contributed by atoms with Crippen LogP contribution in [0.25, 0.3) is 0 Å². The molecule has 2 atom stereocenters. The van der Waals surface area contributed by atoms with Gasteiger partial charge < -0.3 is 20.5 Å². The summed E-state index contributed by atoms with van der Waals surface area (Å²) in [6, 6.07) is -1.31. The maximum absolute atomic E-state index is 11.8. The molecule has 0 aliphatic carbocycles. The molecule has 122 valence electrons. The number of morpholine rings is 1. The Morgan fingerprint density at radius 2 is 2.29 bits per heavy atom. The number of amides is 2. The second kappa shape index (κ2) is 9.86. The van der Waals surface area contributed by atoms with E-state index in [0.29, 0.717) is 25.3 Å². The minimum Gasteiger partial charge on any atom is -0.480 e. The molecule has 1 rings (SSSR count). The van der Waals surface area contributed by atoms with Crippen LogP contribution in [-0.4, -0.2) is 78.9 Å². The molecule has 1 aliphatic heterocycles. The Balaban J connectivity index is 2.30. The van der Waals surface area contributed by atoms with E-state index in [1.807, 2.05) is 6.26 Å². The molecule has 7 nitrogen and oxygen atoms in total. The first-order chi connectivity index (χ1) is 10.1. The first-order valence-electron chi connectivity index (χ1n) is 7.16. The van der Waals surface area contributed by atoms with Crippen LogP contribution in [0.15, 0.2) is 0 Å². The number of carbonyl (C=O) groups is 2. The highest BCUT2D eigenvalue weighted by Crippen LogP contribution is 2.04. The SMILES string of the molecule is CCN1CCOC(CNC(=O)N[C@H](CCSC)C(=O)O)C1. The van der Waals surface area contributed by atoms with Crippen molar-refractivity contribution in [2.24, 2.45) is 0 Å². The summed E-state index contributed by atoms with van der Waals surface area (Å²) in [5, 5.41) is 14.2. The van der Waals surface area contributed by atoms with Crippen LogP contribution >= 0.6 is 11.8 Å². The number of rotatable bonds is 8. The third kappa shape index (κ3) is 7.01. The van der Waals surface area contributed by atoms with Gasteiger partial charge in [0.15, 0.2) is 0 Å². The van der Waals surface area contributed by atoms with E-state index in [0.717, 1.165) is 19.6 Å². The van der Waals surface area contributed by atoms with E-state index < -0.39 is 18.0 Å². The summed E-state index contributed by atoms with van der Waals surface area (Å²) < 4.78 is 5.57. The average Bonchev–Trinajstić information content (AvgIpc) is 2.49. The van der Waals surface area contributed by atoms with E-state index in [9.17, 15) is 9.59 Å². The number of thioether (sulfide) groups is 1. The molecule has 21 heavy (non-hydrogen) atoms. The van der Waals surface area contributed by atoms with Gasteiger partial charge >= 0.3 is 12.0 Å². The van der Waals surface area contributed by atoms with Crippen molar-refractivity contribution in [3.05, 3.63) is 0 Å². The van der Waals surface area contributed by atoms with Gasteiger partial charge in [0.25, 0.3) is 0 Å². The molecule has 0 aromatic heterocycles. The number of carboxylic acids is 1. The topological polar surface area (TPSA) is 90.9 Å². The molecule has 1 fully saturated rings. The summed E-state index contributed by atoms with van der Waals surface area (Å²) in [5.74, 6) is -0.320. The fourth-order valence-electron chi connectivity index (χ4n) is 2.10. The van der Waals surface area contributed by atoms with E-state index in [4.69, 9.17) is 9.84 Å². The van der Waals surface area contributed by atoms with Crippen molar-refractivity contribution >= 4 is 23.8 Å². The maximum Gasteiger partial charge on any atom is 0.326 e. The van der Waals surface area contributed by atoms with E-state index in [2.05, 4.69) is 22.5 Å². The molecule has 0 radical (unpaired) electrons. The third-order valence-corrected chi connectivity index (χ3v) is 4.02. The number of carboxylic acid groups (broad SMARTS) is 1. The molecule has 2 amide bonds. The first kappa shape index (κ1) is 18.1. The van der Waals surface area contributed by atoms with Gasteiger partial charge in [-0.05, 0) is 25.0 Å². The van der Waals surface area contributed by atoms with Crippen molar-refractivity contribution in [3.63, 3.8) is 0 Å². The van der Waals surface area contributed by atoms with Gasteiger partial charge in [-0.15, -0.1) is 0 Å². The molecule has 3 N–H and O–H groups in total. The summed E-state index contributed by atoms with van der Waals surface area (Å²) >= 11 is 1.55. The van der Waals surface area contributed by atoms with Crippen molar-refractivity contribution in [2.75, 3.05) is 44.8 Å². The molecule has 1 aliphatic rings. The van der Waals surface area contributed by atoms with Crippen molar-refractivity contribution in [1.29, 1.82) is 0 Å². The van der Waals surface area contributed by atoms with Crippen LogP contribution in [0.4, 0.5) is 4.79 Å². The lowest BCUT2D eigenvalue weighted by atomic mass is 10.2. The molecular formula is C13H25N3O4S. The van der Waals surface area contributed by atoms with Crippen LogP contribution in [-0.2, 0) is 9.53 Å². The lowest BCUT2D eigenvalue weighted by Gasteiger charge is -2.32. The standard InChI is InChI=1S/C13H25N3O4S/c1-3-16-5-6-20-10(9-16)8-14-13(19)15-11(12(17)18)4-7-21-2/h10-11H,3-9H2,1-2H3,(H,17,18)(H2,14,15,19)/t10?,11-/m1/s1. The predicted octanol–water partition coefficient (Wildman–Crippen LogP) is 0.213. The fraction of sp³-hybridized carbons (Fsp3) is 0.846. The molecule has 8 heteroatoms. The van der Waals surface area contributed by atoms with Crippen molar-refractivity contribution in [1.82, 2.24) is 15.5 Å². The molecule has 0 saturated carbocycles. The average molecular weight is 319 g/mol. The van der Waals surface area contributed by atoms with Crippen LogP contribution in [0.3, 0.4) is 0 Å². The number of likely N-dealkylation sites (N-methyl/N-ethyl adjacent to an activating group) is 1. The van der Waals surface area contributed by atoms with E-state index in [-0.39, 0.29) is 6.10 Å². The number of ether oxygens (including phenoxy) is 1. The molecular weight excluding hydrogens is 294 g/mol. The van der Waals surface area contributed by atoms with Crippen molar-refractivity contribution < 1.29 is 19.4 Å². The van der Waals surface area contributed by atoms with Crippen LogP contribution < -0.4 is 10.6 Å². The Morgan fingerprint density at radius 1 is 1.52 bits per heavy atom. The zero-order chi connectivity index (χ0) is 15.7. The highest BCUT2D eigenvalue weighted by atomic mass is 32.2. The Kier molecular flexibility index (Phi) is 8.48. The molecule has 1 saturated heterocycles. The van der Waals surface area contributed by atoms with Gasteiger partial charge in [-0.3, -0.25) is 4.90 Å². The maximum atomic E-state index is 11.8. The van der Waals surface area contributed by atoms with Crippen molar-refractivity contribution in [3.8, 4) is 0 Å². The number of hydrogen-bond donors (Lipinski definition) is 3. The quantitative estimate of drug-likeness (QED) is 0.593. The Hall–Kier alpha value is -0.990. The van der Waals surface area contributed by atoms with Crippen molar-refractivity contribution in [2.45, 2.75) is 25.5 Å². The van der Waals surface area contributed by atoms with Crippen LogP contribution in [0.2, 0.25) is 0 Å². The number of urea groups is 1. The Labute approximate surface area is 129 Å². The van der Waals surface area contributed by atoms with Gasteiger partial charge in [0, 0.05) is 19.6 Å². The van der Waals surface area contributed by atoms with Gasteiger partial charge in [0.2, 0.25) is 0 Å². The third-order valence-electron chi connectivity index (χ3n) is 3.37. The monoisotopic (exact) mass is 319 g/mol. The summed E-state index contributed by atoms with van der Waals surface area (Å²) in [6.07, 6.45) is 2.27. The summed E-state index contributed by atoms with van der Waals surface area (Å²) in [5.41, 5.74) is 0. The molecule has 0 aromatic carbocycles. The van der Waals surface area contributed by atoms with Gasteiger partial charge in [0.1, 0.15) is 6.04 Å². The number of nitrogens with one attached hydrogen (secondary N) is 2. The molecule has 0 spiro atoms. The minimum absolute atomic E-state index is 0.0427.